The van der Waals surface area contributed by atoms with Crippen molar-refractivity contribution >= 4 is 58.7 Å². The Bertz CT molecular complexity index is 1980. The highest BCUT2D eigenvalue weighted by atomic mass is 32.2. The van der Waals surface area contributed by atoms with Gasteiger partial charge in [-0.2, -0.15) is 0 Å². The average Bonchev–Trinajstić information content (AvgIpc) is 3.75. The van der Waals surface area contributed by atoms with Crippen molar-refractivity contribution in [2.45, 2.75) is 148 Å². The lowest BCUT2D eigenvalue weighted by Gasteiger charge is -2.32. The molecule has 0 radical (unpaired) electrons. The van der Waals surface area contributed by atoms with Gasteiger partial charge in [0.1, 0.15) is 42.4 Å². The highest BCUT2D eigenvalue weighted by Crippen LogP contribution is 2.22. The number of amidine groups is 1. The van der Waals surface area contributed by atoms with Gasteiger partial charge in [0.25, 0.3) is 0 Å². The fourth-order valence-corrected chi connectivity index (χ4v) is 8.39. The van der Waals surface area contributed by atoms with Crippen molar-refractivity contribution in [3.8, 4) is 0 Å². The molecule has 6 N–H and O–H groups in total. The van der Waals surface area contributed by atoms with E-state index in [2.05, 4.69) is 36.9 Å². The van der Waals surface area contributed by atoms with Gasteiger partial charge in [-0.1, -0.05) is 107 Å². The van der Waals surface area contributed by atoms with Crippen LogP contribution in [0.1, 0.15) is 105 Å². The number of rotatable bonds is 20. The normalized spacial score (nSPS) is 17.9. The molecular weight excluding hydrogens is 865 g/mol. The van der Waals surface area contributed by atoms with E-state index in [-0.39, 0.29) is 50.1 Å². The van der Waals surface area contributed by atoms with E-state index >= 15 is 0 Å². The number of carbonyl (C=O) groups is 7. The largest absolute Gasteiger partial charge is 0.445 e. The van der Waals surface area contributed by atoms with Gasteiger partial charge in [-0.3, -0.25) is 29.0 Å². The first-order valence-electron chi connectivity index (χ1n) is 23.0. The summed E-state index contributed by atoms with van der Waals surface area (Å²) < 4.78 is 10.7. The molecule has 0 spiro atoms. The van der Waals surface area contributed by atoms with E-state index in [9.17, 15) is 33.6 Å². The van der Waals surface area contributed by atoms with Gasteiger partial charge in [-0.15, -0.1) is 0 Å². The van der Waals surface area contributed by atoms with E-state index in [1.807, 2.05) is 81.4 Å². The average molecular weight is 935 g/mol. The Morgan fingerprint density at radius 1 is 0.788 bits per heavy atom. The number of nitrogens with one attached hydrogen (secondary N) is 6. The number of ether oxygens (including phenoxy) is 2. The van der Waals surface area contributed by atoms with Gasteiger partial charge in [0.05, 0.1) is 0 Å². The quantitative estimate of drug-likeness (QED) is 0.0978. The van der Waals surface area contributed by atoms with Crippen molar-refractivity contribution in [2.24, 2.45) is 16.8 Å². The minimum Gasteiger partial charge on any atom is -0.445 e. The van der Waals surface area contributed by atoms with Gasteiger partial charge >= 0.3 is 12.2 Å². The van der Waals surface area contributed by atoms with Crippen molar-refractivity contribution < 1.29 is 43.0 Å². The Kier molecular flexibility index (Phi) is 20.8. The molecule has 17 nitrogen and oxygen atoms in total. The lowest BCUT2D eigenvalue weighted by molar-refractivity contribution is -0.142. The smallest absolute Gasteiger partial charge is 0.408 e. The van der Waals surface area contributed by atoms with Gasteiger partial charge in [-0.05, 0) is 82.3 Å². The Morgan fingerprint density at radius 3 is 2.06 bits per heavy atom. The third-order valence-corrected chi connectivity index (χ3v) is 11.9. The highest BCUT2D eigenvalue weighted by Gasteiger charge is 2.40. The maximum atomic E-state index is 14.5. The van der Waals surface area contributed by atoms with Gasteiger partial charge < -0.3 is 46.3 Å². The number of alkyl carbamates (subject to hydrolysis) is 2. The maximum absolute atomic E-state index is 14.5. The van der Waals surface area contributed by atoms with Crippen molar-refractivity contribution in [3.05, 3.63) is 71.8 Å². The molecule has 7 amide bonds. The lowest BCUT2D eigenvalue weighted by Crippen LogP contribution is -2.60. The van der Waals surface area contributed by atoms with E-state index in [1.54, 1.807) is 34.6 Å². The number of hydrogen-bond donors (Lipinski definition) is 6. The Balaban J connectivity index is 1.46. The molecule has 362 valence electrons. The summed E-state index contributed by atoms with van der Waals surface area (Å²) >= 11 is 1.43. The number of benzene rings is 2. The minimum absolute atomic E-state index is 0.00800. The van der Waals surface area contributed by atoms with Gasteiger partial charge in [-0.25, -0.2) is 9.59 Å². The van der Waals surface area contributed by atoms with Crippen LogP contribution in [0, 0.1) is 11.8 Å². The number of amides is 7. The topological polar surface area (TPSA) is 226 Å². The van der Waals surface area contributed by atoms with E-state index in [1.165, 1.54) is 16.7 Å². The molecule has 18 heteroatoms. The zero-order valence-electron chi connectivity index (χ0n) is 39.6. The molecular formula is C48H70N8O9S. The molecule has 0 aliphatic carbocycles. The molecule has 2 heterocycles. The van der Waals surface area contributed by atoms with Crippen LogP contribution in [0.4, 0.5) is 9.59 Å². The molecule has 66 heavy (non-hydrogen) atoms. The van der Waals surface area contributed by atoms with Crippen LogP contribution in [0.15, 0.2) is 65.7 Å². The Labute approximate surface area is 393 Å². The summed E-state index contributed by atoms with van der Waals surface area (Å²) in [6.07, 6.45) is 1.15. The van der Waals surface area contributed by atoms with Gasteiger partial charge in [0.15, 0.2) is 5.17 Å². The van der Waals surface area contributed by atoms with E-state index in [0.29, 0.717) is 31.0 Å². The maximum Gasteiger partial charge on any atom is 0.408 e. The van der Waals surface area contributed by atoms with Crippen LogP contribution in [0.2, 0.25) is 0 Å². The number of thioether (sulfide) groups is 1. The SMILES string of the molecule is CC(C)C[C@H](NC(=O)OC(C)(C)C)C(=O)N[C@H](Cc1ccccc1)C(=O)N1CCC[C@H]1C(=O)N[C@H](C(=O)NC(CCCNC(=O)OCc1ccccc1)C(=O)NC1=NCCC(C)S1)C(C)C. The van der Waals surface area contributed by atoms with Crippen molar-refractivity contribution in [2.75, 3.05) is 19.6 Å². The second kappa shape index (κ2) is 25.9. The summed E-state index contributed by atoms with van der Waals surface area (Å²) in [4.78, 5) is 102. The summed E-state index contributed by atoms with van der Waals surface area (Å²) in [6.45, 7) is 15.6. The molecule has 2 unspecified atom stereocenters. The molecule has 2 aromatic carbocycles. The first-order chi connectivity index (χ1) is 31.3. The van der Waals surface area contributed by atoms with Crippen LogP contribution in [0.5, 0.6) is 0 Å². The molecule has 0 bridgehead atoms. The van der Waals surface area contributed by atoms with Crippen LogP contribution < -0.4 is 31.9 Å². The zero-order chi connectivity index (χ0) is 48.4. The summed E-state index contributed by atoms with van der Waals surface area (Å²) in [6, 6.07) is 13.2. The van der Waals surface area contributed by atoms with Crippen molar-refractivity contribution in [3.63, 3.8) is 0 Å². The molecule has 2 aliphatic rings. The third kappa shape index (κ3) is 18.0. The van der Waals surface area contributed by atoms with Crippen LogP contribution in [0.3, 0.4) is 0 Å². The first-order valence-corrected chi connectivity index (χ1v) is 23.9. The molecule has 2 aliphatic heterocycles. The van der Waals surface area contributed by atoms with E-state index in [4.69, 9.17) is 9.47 Å². The number of hydrogen-bond acceptors (Lipinski definition) is 11. The van der Waals surface area contributed by atoms with Crippen molar-refractivity contribution in [1.82, 2.24) is 36.8 Å². The zero-order valence-corrected chi connectivity index (χ0v) is 40.5. The number of aliphatic imine (C=N–C) groups is 1. The molecule has 1 fully saturated rings. The first kappa shape index (κ1) is 53.0. The predicted molar refractivity (Wildman–Crippen MR) is 254 cm³/mol. The summed E-state index contributed by atoms with van der Waals surface area (Å²) in [5, 5.41) is 17.5. The van der Waals surface area contributed by atoms with Crippen LogP contribution in [-0.4, -0.2) is 112 Å². The van der Waals surface area contributed by atoms with Crippen LogP contribution in [0.25, 0.3) is 0 Å². The molecule has 6 atom stereocenters. The molecule has 4 rings (SSSR count). The molecule has 1 saturated heterocycles. The second-order valence-corrected chi connectivity index (χ2v) is 20.0. The lowest BCUT2D eigenvalue weighted by atomic mass is 10.00. The van der Waals surface area contributed by atoms with Gasteiger partial charge in [0.2, 0.25) is 29.5 Å². The fraction of sp³-hybridized carbons (Fsp3) is 0.583. The monoisotopic (exact) mass is 934 g/mol. The molecule has 2 aromatic rings. The van der Waals surface area contributed by atoms with E-state index in [0.717, 1.165) is 17.5 Å². The summed E-state index contributed by atoms with van der Waals surface area (Å²) in [5.41, 5.74) is 0.809. The summed E-state index contributed by atoms with van der Waals surface area (Å²) in [5.74, 6) is -3.11. The number of carbonyl (C=O) groups excluding carboxylic acids is 7. The van der Waals surface area contributed by atoms with Gasteiger partial charge in [0, 0.05) is 31.3 Å². The van der Waals surface area contributed by atoms with Crippen LogP contribution >= 0.6 is 11.8 Å². The van der Waals surface area contributed by atoms with Crippen LogP contribution in [-0.2, 0) is 46.5 Å². The summed E-state index contributed by atoms with van der Waals surface area (Å²) in [7, 11) is 0. The van der Waals surface area contributed by atoms with E-state index < -0.39 is 83.5 Å². The number of nitrogens with zero attached hydrogens (tertiary/aromatic N) is 2. The number of likely N-dealkylation sites (tertiary alicyclic amines) is 1. The minimum atomic E-state index is -1.10. The standard InChI is InChI=1S/C48H70N8O9S/c1-30(2)27-36(53-47(63)65-48(6,7)8)41(58)52-37(28-33-17-11-9-12-18-33)44(61)56-26-16-22-38(56)42(59)54-39(31(3)4)43(60)51-35(40(57)55-45-49-25-23-32(5)66-45)21-15-24-50-46(62)64-29-34-19-13-10-14-20-34/h9-14,17-20,30-32,35-39H,15-16,21-29H2,1-8H3,(H,50,62)(H,51,60)(H,52,58)(H,53,63)(H,54,59)(H,49,55,57)/t32?,35?,36-,37+,38-,39-/m0/s1. The highest BCUT2D eigenvalue weighted by molar-refractivity contribution is 8.14. The predicted octanol–water partition coefficient (Wildman–Crippen LogP) is 4.97. The second-order valence-electron chi connectivity index (χ2n) is 18.6. The fourth-order valence-electron chi connectivity index (χ4n) is 7.46. The molecule has 0 saturated carbocycles. The Hall–Kier alpha value is -5.65. The Morgan fingerprint density at radius 2 is 1.44 bits per heavy atom. The van der Waals surface area contributed by atoms with Crippen molar-refractivity contribution in [1.29, 1.82) is 0 Å². The molecule has 0 aromatic heterocycles. The third-order valence-electron chi connectivity index (χ3n) is 10.8.